The quantitative estimate of drug-likeness (QED) is 0.274. The molecular weight excluding hydrogens is 492 g/mol. The van der Waals surface area contributed by atoms with E-state index < -0.39 is 8.95 Å². The van der Waals surface area contributed by atoms with Gasteiger partial charge in [-0.15, -0.1) is 0 Å². The fourth-order valence-corrected chi connectivity index (χ4v) is 8.75. The second-order valence-electron chi connectivity index (χ2n) is 9.85. The molecular formula is C32H28N2OS2. The maximum atomic E-state index is 12.7. The Morgan fingerprint density at radius 3 is 1.70 bits per heavy atom. The number of hydrogen-bond acceptors (Lipinski definition) is 5. The van der Waals surface area contributed by atoms with E-state index >= 15 is 0 Å². The third-order valence-electron chi connectivity index (χ3n) is 7.14. The van der Waals surface area contributed by atoms with Crippen molar-refractivity contribution in [2.24, 2.45) is 5.10 Å². The summed E-state index contributed by atoms with van der Waals surface area (Å²) in [6, 6.07) is 34.9. The van der Waals surface area contributed by atoms with E-state index in [-0.39, 0.29) is 5.78 Å². The van der Waals surface area contributed by atoms with Gasteiger partial charge in [-0.3, -0.25) is 4.79 Å². The van der Waals surface area contributed by atoms with Crippen LogP contribution in [-0.2, 0) is 13.7 Å². The Balaban J connectivity index is 1.64. The zero-order valence-corrected chi connectivity index (χ0v) is 23.0. The number of fused-ring (bicyclic) bond motifs is 2. The highest BCUT2D eigenvalue weighted by atomic mass is 32.2. The molecule has 2 aliphatic rings. The summed E-state index contributed by atoms with van der Waals surface area (Å²) in [4.78, 5) is 12.7. The van der Waals surface area contributed by atoms with Crippen molar-refractivity contribution in [2.45, 2.75) is 36.6 Å². The van der Waals surface area contributed by atoms with Gasteiger partial charge < -0.3 is 0 Å². The lowest BCUT2D eigenvalue weighted by Crippen LogP contribution is -2.34. The number of ketones is 1. The Morgan fingerprint density at radius 1 is 0.703 bits per heavy atom. The number of carbonyl (C=O) groups excluding carboxylic acids is 1. The number of benzene rings is 4. The smallest absolute Gasteiger partial charge is 0.187 e. The van der Waals surface area contributed by atoms with Crippen molar-refractivity contribution in [3.05, 3.63) is 136 Å². The maximum absolute atomic E-state index is 12.7. The Kier molecular flexibility index (Phi) is 5.81. The summed E-state index contributed by atoms with van der Waals surface area (Å²) in [6.07, 6.45) is 0. The first-order chi connectivity index (χ1) is 17.8. The summed E-state index contributed by atoms with van der Waals surface area (Å²) < 4.78 is -1.11. The van der Waals surface area contributed by atoms with Crippen molar-refractivity contribution in [2.75, 3.05) is 5.01 Å². The molecule has 0 saturated heterocycles. The number of Topliss-reactive ketones (excluding diaryl/α,β-unsaturated/α-hetero) is 1. The van der Waals surface area contributed by atoms with E-state index in [4.69, 9.17) is 5.10 Å². The molecule has 184 valence electrons. The number of hydrazone groups is 1. The summed E-state index contributed by atoms with van der Waals surface area (Å²) in [6.45, 7) is 7.94. The number of carbonyl (C=O) groups is 1. The van der Waals surface area contributed by atoms with Crippen molar-refractivity contribution in [1.29, 1.82) is 0 Å². The van der Waals surface area contributed by atoms with Gasteiger partial charge in [-0.05, 0) is 49.6 Å². The molecule has 37 heavy (non-hydrogen) atoms. The lowest BCUT2D eigenvalue weighted by molar-refractivity contribution is -0.110. The number of hydrogen-bond donors (Lipinski definition) is 0. The van der Waals surface area contributed by atoms with E-state index in [0.29, 0.717) is 5.04 Å². The molecule has 0 aromatic heterocycles. The number of rotatable bonds is 4. The van der Waals surface area contributed by atoms with Gasteiger partial charge in [-0.1, -0.05) is 125 Å². The van der Waals surface area contributed by atoms with Gasteiger partial charge in [0.15, 0.2) is 15.0 Å². The third-order valence-corrected chi connectivity index (χ3v) is 10.5. The fourth-order valence-electron chi connectivity index (χ4n) is 5.20. The van der Waals surface area contributed by atoms with Crippen molar-refractivity contribution >= 4 is 40.0 Å². The number of anilines is 1. The van der Waals surface area contributed by atoms with Crippen molar-refractivity contribution in [3.63, 3.8) is 0 Å². The van der Waals surface area contributed by atoms with Crippen LogP contribution in [0.5, 0.6) is 0 Å². The Labute approximate surface area is 227 Å². The molecule has 2 heterocycles. The number of nitrogens with zero attached hydrogens (tertiary/aromatic N) is 2. The molecule has 4 aromatic carbocycles. The summed E-state index contributed by atoms with van der Waals surface area (Å²) in [5.41, 5.74) is 9.46. The molecule has 0 fully saturated rings. The van der Waals surface area contributed by atoms with Crippen LogP contribution in [0, 0.1) is 20.8 Å². The lowest BCUT2D eigenvalue weighted by atomic mass is 9.81. The van der Waals surface area contributed by atoms with E-state index in [9.17, 15) is 4.79 Å². The van der Waals surface area contributed by atoms with Gasteiger partial charge in [0.05, 0.1) is 10.4 Å². The number of thioether (sulfide) groups is 2. The minimum atomic E-state index is -0.636. The molecule has 1 spiro atoms. The zero-order valence-electron chi connectivity index (χ0n) is 21.4. The highest BCUT2D eigenvalue weighted by Gasteiger charge is 2.61. The second-order valence-corrected chi connectivity index (χ2v) is 12.7. The Bertz CT molecular complexity index is 1480. The SMILES string of the molecule is CC(=O)C1=NN(c2ccc(C)cc2)[C@@]2(S1)SC(c1ccc(C)cc1)(c1ccc(C)cc1)c1ccccc12. The van der Waals surface area contributed by atoms with E-state index in [0.717, 1.165) is 5.69 Å². The van der Waals surface area contributed by atoms with Gasteiger partial charge in [0, 0.05) is 12.5 Å². The Hall–Kier alpha value is -3.28. The molecule has 0 aliphatic carbocycles. The van der Waals surface area contributed by atoms with E-state index in [1.54, 1.807) is 18.7 Å². The first-order valence-corrected chi connectivity index (χ1v) is 14.1. The van der Waals surface area contributed by atoms with Crippen LogP contribution in [0.3, 0.4) is 0 Å². The van der Waals surface area contributed by atoms with Crippen LogP contribution in [0.4, 0.5) is 5.69 Å². The van der Waals surface area contributed by atoms with Gasteiger partial charge in [0.1, 0.15) is 0 Å². The van der Waals surface area contributed by atoms with Crippen LogP contribution >= 0.6 is 23.5 Å². The maximum Gasteiger partial charge on any atom is 0.187 e. The first kappa shape index (κ1) is 24.1. The highest BCUT2D eigenvalue weighted by molar-refractivity contribution is 8.27. The van der Waals surface area contributed by atoms with Crippen LogP contribution < -0.4 is 5.01 Å². The predicted molar refractivity (Wildman–Crippen MR) is 157 cm³/mol. The molecule has 0 unspecified atom stereocenters. The molecule has 0 radical (unpaired) electrons. The minimum absolute atomic E-state index is 0.0137. The molecule has 0 saturated carbocycles. The normalized spacial score (nSPS) is 19.7. The molecule has 5 heteroatoms. The zero-order chi connectivity index (χ0) is 25.8. The van der Waals surface area contributed by atoms with Gasteiger partial charge in [0.25, 0.3) is 0 Å². The lowest BCUT2D eigenvalue weighted by Gasteiger charge is -2.37. The molecule has 1 atom stereocenters. The monoisotopic (exact) mass is 520 g/mol. The van der Waals surface area contributed by atoms with Crippen molar-refractivity contribution in [3.8, 4) is 0 Å². The summed E-state index contributed by atoms with van der Waals surface area (Å²) >= 11 is 3.43. The van der Waals surface area contributed by atoms with Gasteiger partial charge in [0.2, 0.25) is 0 Å². The standard InChI is InChI=1S/C32H28N2OS2/c1-21-9-15-25(16-10-21)31(26-17-11-22(2)12-18-26)28-7-5-6-8-29(28)32(37-31)34(33-30(36-32)24(4)35)27-19-13-23(3)14-20-27/h5-20H,1-4H3/t32-/m0/s1. The Morgan fingerprint density at radius 2 is 1.19 bits per heavy atom. The van der Waals surface area contributed by atoms with Gasteiger partial charge in [-0.25, -0.2) is 5.01 Å². The average Bonchev–Trinajstić information content (AvgIpc) is 3.43. The van der Waals surface area contributed by atoms with E-state index in [1.807, 2.05) is 11.8 Å². The minimum Gasteiger partial charge on any atom is -0.292 e. The molecule has 4 aromatic rings. The van der Waals surface area contributed by atoms with E-state index in [1.165, 1.54) is 38.9 Å². The summed E-state index contributed by atoms with van der Waals surface area (Å²) in [5.74, 6) is -0.0137. The predicted octanol–water partition coefficient (Wildman–Crippen LogP) is 7.92. The average molecular weight is 521 g/mol. The van der Waals surface area contributed by atoms with Crippen LogP contribution in [0.1, 0.15) is 45.9 Å². The van der Waals surface area contributed by atoms with Gasteiger partial charge >= 0.3 is 0 Å². The van der Waals surface area contributed by atoms with Crippen LogP contribution in [-0.4, -0.2) is 10.8 Å². The third kappa shape index (κ3) is 3.75. The molecule has 0 amide bonds. The molecule has 0 bridgehead atoms. The number of aryl methyl sites for hydroxylation is 3. The summed E-state index contributed by atoms with van der Waals surface area (Å²) in [7, 11) is 0. The molecule has 6 rings (SSSR count). The largest absolute Gasteiger partial charge is 0.292 e. The van der Waals surface area contributed by atoms with Crippen LogP contribution in [0.2, 0.25) is 0 Å². The summed E-state index contributed by atoms with van der Waals surface area (Å²) in [5, 5.41) is 7.55. The molecule has 3 nitrogen and oxygen atoms in total. The highest BCUT2D eigenvalue weighted by Crippen LogP contribution is 2.70. The second kappa shape index (κ2) is 8.93. The molecule has 0 N–H and O–H groups in total. The van der Waals surface area contributed by atoms with Gasteiger partial charge in [-0.2, -0.15) is 5.10 Å². The van der Waals surface area contributed by atoms with E-state index in [2.05, 4.69) is 123 Å². The molecule has 2 aliphatic heterocycles. The van der Waals surface area contributed by atoms with Crippen molar-refractivity contribution < 1.29 is 4.79 Å². The van der Waals surface area contributed by atoms with Crippen LogP contribution in [0.25, 0.3) is 0 Å². The van der Waals surface area contributed by atoms with Crippen LogP contribution in [0.15, 0.2) is 102 Å². The topological polar surface area (TPSA) is 32.7 Å². The fraction of sp³-hybridized carbons (Fsp3) is 0.188. The first-order valence-electron chi connectivity index (χ1n) is 12.4. The van der Waals surface area contributed by atoms with Crippen molar-refractivity contribution in [1.82, 2.24) is 0 Å².